The molecule has 1 N–H and O–H groups in total. The summed E-state index contributed by atoms with van der Waals surface area (Å²) in [7, 11) is 1.00. The molecule has 0 aliphatic heterocycles. The Kier molecular flexibility index (Phi) is 4.80. The maximum Gasteiger partial charge on any atom is 0.416 e. The molecule has 0 saturated carbocycles. The van der Waals surface area contributed by atoms with Crippen LogP contribution in [-0.2, 0) is 12.4 Å². The molecule has 0 spiro atoms. The SMILES string of the molecule is CO.FC(F)(F)c1cccc(C(F)(F)F)c1. The van der Waals surface area contributed by atoms with Gasteiger partial charge in [-0.15, -0.1) is 0 Å². The molecule has 0 radical (unpaired) electrons. The van der Waals surface area contributed by atoms with E-state index < -0.39 is 23.5 Å². The smallest absolute Gasteiger partial charge is 0.400 e. The first-order chi connectivity index (χ1) is 7.21. The molecule has 16 heavy (non-hydrogen) atoms. The fraction of sp³-hybridized carbons (Fsp3) is 0.333. The highest BCUT2D eigenvalue weighted by Gasteiger charge is 2.35. The Morgan fingerprint density at radius 3 is 1.38 bits per heavy atom. The van der Waals surface area contributed by atoms with E-state index in [4.69, 9.17) is 5.11 Å². The maximum atomic E-state index is 12.0. The number of hydrogen-bond acceptors (Lipinski definition) is 1. The molecule has 0 amide bonds. The van der Waals surface area contributed by atoms with E-state index in [-0.39, 0.29) is 6.07 Å². The first kappa shape index (κ1) is 14.8. The topological polar surface area (TPSA) is 20.2 Å². The van der Waals surface area contributed by atoms with Gasteiger partial charge in [-0.25, -0.2) is 0 Å². The van der Waals surface area contributed by atoms with Gasteiger partial charge in [0.15, 0.2) is 0 Å². The van der Waals surface area contributed by atoms with Crippen LogP contribution in [0.25, 0.3) is 0 Å². The minimum atomic E-state index is -4.75. The monoisotopic (exact) mass is 246 g/mol. The highest BCUT2D eigenvalue weighted by Crippen LogP contribution is 2.34. The summed E-state index contributed by atoms with van der Waals surface area (Å²) in [5, 5.41) is 7.00. The Hall–Kier alpha value is -1.24. The third-order valence-electron chi connectivity index (χ3n) is 1.52. The van der Waals surface area contributed by atoms with Gasteiger partial charge in [0, 0.05) is 7.11 Å². The summed E-state index contributed by atoms with van der Waals surface area (Å²) in [5.74, 6) is 0. The van der Waals surface area contributed by atoms with Gasteiger partial charge >= 0.3 is 12.4 Å². The summed E-state index contributed by atoms with van der Waals surface area (Å²) in [6, 6.07) is 2.00. The van der Waals surface area contributed by atoms with Crippen LogP contribution in [-0.4, -0.2) is 12.2 Å². The van der Waals surface area contributed by atoms with Gasteiger partial charge < -0.3 is 5.11 Å². The van der Waals surface area contributed by atoms with Crippen LogP contribution < -0.4 is 0 Å². The van der Waals surface area contributed by atoms with E-state index in [0.717, 1.165) is 13.2 Å². The van der Waals surface area contributed by atoms with Gasteiger partial charge in [0.1, 0.15) is 0 Å². The second-order valence-electron chi connectivity index (χ2n) is 2.58. The number of halogens is 6. The first-order valence-corrected chi connectivity index (χ1v) is 3.90. The van der Waals surface area contributed by atoms with Crippen LogP contribution in [0.15, 0.2) is 24.3 Å². The number of hydrogen-bond donors (Lipinski definition) is 1. The predicted molar refractivity (Wildman–Crippen MR) is 44.6 cm³/mol. The maximum absolute atomic E-state index is 12.0. The fourth-order valence-electron chi connectivity index (χ4n) is 0.872. The number of aliphatic hydroxyl groups is 1. The first-order valence-electron chi connectivity index (χ1n) is 3.90. The molecule has 1 nitrogen and oxygen atoms in total. The van der Waals surface area contributed by atoms with Crippen LogP contribution in [0.5, 0.6) is 0 Å². The van der Waals surface area contributed by atoms with Crippen LogP contribution in [0, 0.1) is 0 Å². The van der Waals surface area contributed by atoms with E-state index >= 15 is 0 Å². The van der Waals surface area contributed by atoms with Crippen LogP contribution in [0.3, 0.4) is 0 Å². The predicted octanol–water partition coefficient (Wildman–Crippen LogP) is 3.33. The largest absolute Gasteiger partial charge is 0.416 e. The quantitative estimate of drug-likeness (QED) is 0.696. The third-order valence-corrected chi connectivity index (χ3v) is 1.52. The molecule has 0 bridgehead atoms. The molecule has 92 valence electrons. The number of benzene rings is 1. The van der Waals surface area contributed by atoms with Gasteiger partial charge in [-0.2, -0.15) is 26.3 Å². The van der Waals surface area contributed by atoms with Crippen molar-refractivity contribution in [2.45, 2.75) is 12.4 Å². The minimum Gasteiger partial charge on any atom is -0.400 e. The Bertz CT molecular complexity index is 298. The lowest BCUT2D eigenvalue weighted by Gasteiger charge is -2.10. The van der Waals surface area contributed by atoms with Gasteiger partial charge in [0.2, 0.25) is 0 Å². The van der Waals surface area contributed by atoms with Gasteiger partial charge in [-0.05, 0) is 18.2 Å². The van der Waals surface area contributed by atoms with Crippen molar-refractivity contribution in [1.29, 1.82) is 0 Å². The van der Waals surface area contributed by atoms with Crippen molar-refractivity contribution >= 4 is 0 Å². The molecular weight excluding hydrogens is 238 g/mol. The second kappa shape index (κ2) is 5.20. The fourth-order valence-corrected chi connectivity index (χ4v) is 0.872. The van der Waals surface area contributed by atoms with Crippen LogP contribution >= 0.6 is 0 Å². The zero-order chi connectivity index (χ0) is 13.0. The molecular formula is C9H8F6O. The Labute approximate surface area is 87.3 Å². The molecule has 0 heterocycles. The zero-order valence-electron chi connectivity index (χ0n) is 8.02. The van der Waals surface area contributed by atoms with Crippen LogP contribution in [0.2, 0.25) is 0 Å². The Morgan fingerprint density at radius 2 is 1.12 bits per heavy atom. The summed E-state index contributed by atoms with van der Waals surface area (Å²) in [6.07, 6.45) is -9.50. The van der Waals surface area contributed by atoms with Crippen molar-refractivity contribution in [2.75, 3.05) is 7.11 Å². The minimum absolute atomic E-state index is 0.0833. The third kappa shape index (κ3) is 4.09. The van der Waals surface area contributed by atoms with Crippen LogP contribution in [0.1, 0.15) is 11.1 Å². The van der Waals surface area contributed by atoms with Gasteiger partial charge in [0.05, 0.1) is 11.1 Å². The van der Waals surface area contributed by atoms with Gasteiger partial charge in [-0.1, -0.05) is 6.07 Å². The van der Waals surface area contributed by atoms with Crippen molar-refractivity contribution in [3.05, 3.63) is 35.4 Å². The Balaban J connectivity index is 0.00000106. The highest BCUT2D eigenvalue weighted by atomic mass is 19.4. The van der Waals surface area contributed by atoms with Gasteiger partial charge in [0.25, 0.3) is 0 Å². The van der Waals surface area contributed by atoms with Gasteiger partial charge in [-0.3, -0.25) is 0 Å². The molecule has 0 aliphatic rings. The molecule has 0 fully saturated rings. The van der Waals surface area contributed by atoms with E-state index in [9.17, 15) is 26.3 Å². The number of aliphatic hydroxyl groups excluding tert-OH is 1. The average molecular weight is 246 g/mol. The molecule has 1 rings (SSSR count). The second-order valence-corrected chi connectivity index (χ2v) is 2.58. The van der Waals surface area contributed by atoms with E-state index in [1.54, 1.807) is 0 Å². The van der Waals surface area contributed by atoms with Crippen molar-refractivity contribution in [3.63, 3.8) is 0 Å². The average Bonchev–Trinajstić information content (AvgIpc) is 2.18. The highest BCUT2D eigenvalue weighted by molar-refractivity contribution is 5.27. The lowest BCUT2D eigenvalue weighted by Crippen LogP contribution is -2.09. The van der Waals surface area contributed by atoms with E-state index in [1.807, 2.05) is 0 Å². The molecule has 0 saturated heterocycles. The molecule has 0 atom stereocenters. The normalized spacial score (nSPS) is 11.8. The lowest BCUT2D eigenvalue weighted by molar-refractivity contribution is -0.143. The molecule has 0 unspecified atom stereocenters. The Morgan fingerprint density at radius 1 is 0.812 bits per heavy atom. The molecule has 0 aliphatic carbocycles. The lowest BCUT2D eigenvalue weighted by atomic mass is 10.1. The van der Waals surface area contributed by atoms with Crippen molar-refractivity contribution in [1.82, 2.24) is 0 Å². The van der Waals surface area contributed by atoms with E-state index in [1.165, 1.54) is 0 Å². The zero-order valence-corrected chi connectivity index (χ0v) is 8.02. The van der Waals surface area contributed by atoms with E-state index in [0.29, 0.717) is 12.1 Å². The standard InChI is InChI=1S/C8H4F6.CH4O/c9-7(10,11)5-2-1-3-6(4-5)8(12,13)14;1-2/h1-4H;2H,1H3. The van der Waals surface area contributed by atoms with Crippen molar-refractivity contribution in [2.24, 2.45) is 0 Å². The number of alkyl halides is 6. The van der Waals surface area contributed by atoms with E-state index in [2.05, 4.69) is 0 Å². The summed E-state index contributed by atoms with van der Waals surface area (Å²) >= 11 is 0. The molecule has 1 aromatic carbocycles. The summed E-state index contributed by atoms with van der Waals surface area (Å²) in [4.78, 5) is 0. The molecule has 1 aromatic rings. The number of rotatable bonds is 0. The molecule has 0 aromatic heterocycles. The van der Waals surface area contributed by atoms with Crippen LogP contribution in [0.4, 0.5) is 26.3 Å². The summed E-state index contributed by atoms with van der Waals surface area (Å²) in [5.41, 5.74) is -2.60. The summed E-state index contributed by atoms with van der Waals surface area (Å²) < 4.78 is 71.9. The van der Waals surface area contributed by atoms with Crippen molar-refractivity contribution < 1.29 is 31.4 Å². The summed E-state index contributed by atoms with van der Waals surface area (Å²) in [6.45, 7) is 0. The van der Waals surface area contributed by atoms with Crippen molar-refractivity contribution in [3.8, 4) is 0 Å². The molecule has 7 heteroatoms.